The van der Waals surface area contributed by atoms with Crippen LogP contribution in [0.15, 0.2) is 18.5 Å². The lowest BCUT2D eigenvalue weighted by atomic mass is 10.3. The van der Waals surface area contributed by atoms with Crippen molar-refractivity contribution in [2.24, 2.45) is 7.05 Å². The fraction of sp³-hybridized carbons (Fsp3) is 0.375. The van der Waals surface area contributed by atoms with Gasteiger partial charge in [0.25, 0.3) is 0 Å². The minimum atomic E-state index is -0.256. The SMILES string of the molecule is CCOC(=O)c1ccn(C)c1. The molecule has 0 bridgehead atoms. The molecule has 0 aromatic carbocycles. The van der Waals surface area contributed by atoms with E-state index in [1.807, 2.05) is 17.8 Å². The van der Waals surface area contributed by atoms with Gasteiger partial charge in [0.2, 0.25) is 0 Å². The number of aryl methyl sites for hydroxylation is 1. The van der Waals surface area contributed by atoms with Gasteiger partial charge in [-0.1, -0.05) is 0 Å². The Bertz CT molecular complexity index is 252. The molecule has 0 aliphatic heterocycles. The number of esters is 1. The van der Waals surface area contributed by atoms with Crippen molar-refractivity contribution >= 4 is 5.97 Å². The first-order valence-electron chi connectivity index (χ1n) is 3.53. The molecule has 0 spiro atoms. The molecule has 0 radical (unpaired) electrons. The van der Waals surface area contributed by atoms with E-state index in [9.17, 15) is 4.79 Å². The number of carbonyl (C=O) groups excluding carboxylic acids is 1. The number of rotatable bonds is 2. The summed E-state index contributed by atoms with van der Waals surface area (Å²) in [5.74, 6) is -0.256. The van der Waals surface area contributed by atoms with Gasteiger partial charge < -0.3 is 9.30 Å². The first-order valence-corrected chi connectivity index (χ1v) is 3.53. The van der Waals surface area contributed by atoms with Gasteiger partial charge in [0.1, 0.15) is 0 Å². The van der Waals surface area contributed by atoms with Crippen LogP contribution in [0.3, 0.4) is 0 Å². The van der Waals surface area contributed by atoms with Crippen LogP contribution >= 0.6 is 0 Å². The average Bonchev–Trinajstić information content (AvgIpc) is 2.36. The molecule has 0 atom stereocenters. The summed E-state index contributed by atoms with van der Waals surface area (Å²) in [4.78, 5) is 11.0. The van der Waals surface area contributed by atoms with Gasteiger partial charge in [-0.3, -0.25) is 0 Å². The van der Waals surface area contributed by atoms with E-state index in [0.717, 1.165) is 0 Å². The summed E-state index contributed by atoms with van der Waals surface area (Å²) in [7, 11) is 1.86. The Kier molecular flexibility index (Phi) is 2.31. The smallest absolute Gasteiger partial charge is 0.339 e. The third kappa shape index (κ3) is 1.83. The van der Waals surface area contributed by atoms with E-state index >= 15 is 0 Å². The van der Waals surface area contributed by atoms with Crippen LogP contribution in [0.25, 0.3) is 0 Å². The lowest BCUT2D eigenvalue weighted by molar-refractivity contribution is 0.0526. The first-order chi connectivity index (χ1) is 5.24. The highest BCUT2D eigenvalue weighted by atomic mass is 16.5. The second-order valence-electron chi connectivity index (χ2n) is 2.29. The minimum absolute atomic E-state index is 0.256. The molecule has 0 aliphatic carbocycles. The van der Waals surface area contributed by atoms with Crippen molar-refractivity contribution in [3.05, 3.63) is 24.0 Å². The molecule has 1 aromatic rings. The van der Waals surface area contributed by atoms with Gasteiger partial charge in [0.05, 0.1) is 12.2 Å². The van der Waals surface area contributed by atoms with Gasteiger partial charge in [0, 0.05) is 19.4 Å². The molecule has 1 aromatic heterocycles. The predicted octanol–water partition coefficient (Wildman–Crippen LogP) is 1.20. The van der Waals surface area contributed by atoms with Gasteiger partial charge in [-0.25, -0.2) is 4.79 Å². The number of ether oxygens (including phenoxy) is 1. The number of carbonyl (C=O) groups is 1. The Balaban J connectivity index is 2.69. The summed E-state index contributed by atoms with van der Waals surface area (Å²) in [6, 6.07) is 1.73. The normalized spacial score (nSPS) is 9.64. The van der Waals surface area contributed by atoms with E-state index in [2.05, 4.69) is 0 Å². The van der Waals surface area contributed by atoms with Crippen molar-refractivity contribution in [2.45, 2.75) is 6.92 Å². The molecule has 0 fully saturated rings. The van der Waals surface area contributed by atoms with Crippen LogP contribution < -0.4 is 0 Å². The summed E-state index contributed by atoms with van der Waals surface area (Å²) in [5.41, 5.74) is 0.606. The topological polar surface area (TPSA) is 31.2 Å². The highest BCUT2D eigenvalue weighted by molar-refractivity contribution is 5.89. The molecular weight excluding hydrogens is 142 g/mol. The molecule has 0 N–H and O–H groups in total. The van der Waals surface area contributed by atoms with Gasteiger partial charge in [-0.05, 0) is 13.0 Å². The zero-order valence-electron chi connectivity index (χ0n) is 6.70. The molecule has 0 saturated heterocycles. The molecule has 0 aliphatic rings. The van der Waals surface area contributed by atoms with Crippen LogP contribution in [0, 0.1) is 0 Å². The van der Waals surface area contributed by atoms with E-state index in [-0.39, 0.29) is 5.97 Å². The summed E-state index contributed by atoms with van der Waals surface area (Å²) in [6.45, 7) is 2.22. The van der Waals surface area contributed by atoms with Gasteiger partial charge >= 0.3 is 5.97 Å². The summed E-state index contributed by atoms with van der Waals surface area (Å²) < 4.78 is 6.60. The van der Waals surface area contributed by atoms with Gasteiger partial charge in [-0.2, -0.15) is 0 Å². The van der Waals surface area contributed by atoms with E-state index in [4.69, 9.17) is 4.74 Å². The summed E-state index contributed by atoms with van der Waals surface area (Å²) >= 11 is 0. The third-order valence-corrected chi connectivity index (χ3v) is 1.34. The van der Waals surface area contributed by atoms with Crippen molar-refractivity contribution in [2.75, 3.05) is 6.61 Å². The highest BCUT2D eigenvalue weighted by Crippen LogP contribution is 2.01. The molecule has 0 saturated carbocycles. The van der Waals surface area contributed by atoms with Gasteiger partial charge in [0.15, 0.2) is 0 Å². The highest BCUT2D eigenvalue weighted by Gasteiger charge is 2.05. The number of nitrogens with zero attached hydrogens (tertiary/aromatic N) is 1. The molecular formula is C8H11NO2. The molecule has 11 heavy (non-hydrogen) atoms. The van der Waals surface area contributed by atoms with Crippen LogP contribution in [-0.2, 0) is 11.8 Å². The number of aromatic nitrogens is 1. The minimum Gasteiger partial charge on any atom is -0.462 e. The quantitative estimate of drug-likeness (QED) is 0.598. The molecule has 1 rings (SSSR count). The van der Waals surface area contributed by atoms with Crippen LogP contribution in [0.2, 0.25) is 0 Å². The van der Waals surface area contributed by atoms with Gasteiger partial charge in [-0.15, -0.1) is 0 Å². The molecule has 3 heteroatoms. The number of hydrogen-bond donors (Lipinski definition) is 0. The molecule has 0 amide bonds. The fourth-order valence-electron chi connectivity index (χ4n) is 0.838. The average molecular weight is 153 g/mol. The van der Waals surface area contributed by atoms with Crippen molar-refractivity contribution in [1.82, 2.24) is 4.57 Å². The molecule has 60 valence electrons. The number of hydrogen-bond acceptors (Lipinski definition) is 2. The van der Waals surface area contributed by atoms with Crippen LogP contribution in [0.4, 0.5) is 0 Å². The maximum atomic E-state index is 11.0. The van der Waals surface area contributed by atoms with Crippen molar-refractivity contribution < 1.29 is 9.53 Å². The summed E-state index contributed by atoms with van der Waals surface area (Å²) in [6.07, 6.45) is 3.55. The zero-order valence-corrected chi connectivity index (χ0v) is 6.70. The Labute approximate surface area is 65.6 Å². The van der Waals surface area contributed by atoms with Crippen LogP contribution in [0.1, 0.15) is 17.3 Å². The third-order valence-electron chi connectivity index (χ3n) is 1.34. The van der Waals surface area contributed by atoms with Crippen molar-refractivity contribution in [1.29, 1.82) is 0 Å². The second kappa shape index (κ2) is 3.23. The Morgan fingerprint density at radius 2 is 2.45 bits per heavy atom. The van der Waals surface area contributed by atoms with Crippen molar-refractivity contribution in [3.8, 4) is 0 Å². The van der Waals surface area contributed by atoms with Crippen LogP contribution in [-0.4, -0.2) is 17.1 Å². The Hall–Kier alpha value is -1.25. The van der Waals surface area contributed by atoms with E-state index < -0.39 is 0 Å². The zero-order chi connectivity index (χ0) is 8.27. The monoisotopic (exact) mass is 153 g/mol. The second-order valence-corrected chi connectivity index (χ2v) is 2.29. The summed E-state index contributed by atoms with van der Waals surface area (Å²) in [5, 5.41) is 0. The van der Waals surface area contributed by atoms with Crippen molar-refractivity contribution in [3.63, 3.8) is 0 Å². The Morgan fingerprint density at radius 1 is 1.73 bits per heavy atom. The lowest BCUT2D eigenvalue weighted by Crippen LogP contribution is -2.02. The maximum absolute atomic E-state index is 11.0. The predicted molar refractivity (Wildman–Crippen MR) is 41.4 cm³/mol. The molecule has 1 heterocycles. The lowest BCUT2D eigenvalue weighted by Gasteiger charge is -1.96. The molecule has 0 unspecified atom stereocenters. The largest absolute Gasteiger partial charge is 0.462 e. The van der Waals surface area contributed by atoms with E-state index in [1.54, 1.807) is 19.2 Å². The molecule has 3 nitrogen and oxygen atoms in total. The van der Waals surface area contributed by atoms with E-state index in [0.29, 0.717) is 12.2 Å². The van der Waals surface area contributed by atoms with Crippen LogP contribution in [0.5, 0.6) is 0 Å². The maximum Gasteiger partial charge on any atom is 0.339 e. The fourth-order valence-corrected chi connectivity index (χ4v) is 0.838. The Morgan fingerprint density at radius 3 is 2.91 bits per heavy atom. The standard InChI is InChI=1S/C8H11NO2/c1-3-11-8(10)7-4-5-9(2)6-7/h4-6H,3H2,1-2H3. The van der Waals surface area contributed by atoms with E-state index in [1.165, 1.54) is 0 Å². The first kappa shape index (κ1) is 7.85.